The van der Waals surface area contributed by atoms with E-state index in [1.807, 2.05) is 0 Å². The minimum atomic E-state index is -0.626. The Balaban J connectivity index is 1.42. The van der Waals surface area contributed by atoms with Gasteiger partial charge in [-0.05, 0) is 114 Å². The minimum absolute atomic E-state index is 0.0599. The number of benzene rings is 2. The third kappa shape index (κ3) is 6.69. The van der Waals surface area contributed by atoms with Crippen LogP contribution in [0.1, 0.15) is 100 Å². The standard InChI is InChI=1S/C35H48N4O3S/c1-20(2)42-34(41)38-33(43)36-18-23(5)30-28-17-26(35(6,7)32(40)39-19-24-8-11-27(39)12-9-24)10-13-29(28)37-31(30)25-15-21(3)14-22(4)16-25/h10,13-17,20,23-24,27,30-31,37H,8-9,11-12,18-19H2,1-7H3,(H2,36,38,41,43)/t23-,24?,27?,30?,31?/m1/s1. The number of alkyl carbamates (subject to hydrolysis) is 1. The van der Waals surface area contributed by atoms with Gasteiger partial charge in [0.25, 0.3) is 0 Å². The molecule has 3 fully saturated rings. The molecule has 2 aromatic rings. The fourth-order valence-corrected chi connectivity index (χ4v) is 7.64. The van der Waals surface area contributed by atoms with Crippen molar-refractivity contribution in [3.8, 4) is 0 Å². The van der Waals surface area contributed by atoms with Gasteiger partial charge < -0.3 is 20.3 Å². The van der Waals surface area contributed by atoms with Gasteiger partial charge in [-0.2, -0.15) is 0 Å². The molecule has 2 aromatic carbocycles. The summed E-state index contributed by atoms with van der Waals surface area (Å²) in [7, 11) is 0. The Morgan fingerprint density at radius 2 is 1.72 bits per heavy atom. The zero-order valence-electron chi connectivity index (χ0n) is 26.8. The van der Waals surface area contributed by atoms with Gasteiger partial charge in [-0.3, -0.25) is 10.1 Å². The third-order valence-corrected chi connectivity index (χ3v) is 9.92. The number of amides is 2. The average molecular weight is 605 g/mol. The van der Waals surface area contributed by atoms with Crippen LogP contribution in [-0.4, -0.2) is 47.2 Å². The summed E-state index contributed by atoms with van der Waals surface area (Å²) in [4.78, 5) is 28.3. The van der Waals surface area contributed by atoms with E-state index in [9.17, 15) is 9.59 Å². The molecule has 2 amide bonds. The van der Waals surface area contributed by atoms with Gasteiger partial charge >= 0.3 is 6.09 Å². The average Bonchev–Trinajstić information content (AvgIpc) is 3.34. The summed E-state index contributed by atoms with van der Waals surface area (Å²) in [6.07, 6.45) is 4.00. The Kier molecular flexibility index (Phi) is 9.07. The minimum Gasteiger partial charge on any atom is -0.447 e. The van der Waals surface area contributed by atoms with Crippen LogP contribution in [0.2, 0.25) is 0 Å². The van der Waals surface area contributed by atoms with Crippen molar-refractivity contribution in [2.75, 3.05) is 18.4 Å². The second kappa shape index (κ2) is 12.5. The highest BCUT2D eigenvalue weighted by atomic mass is 32.1. The molecule has 3 N–H and O–H groups in total. The first-order chi connectivity index (χ1) is 20.3. The molecule has 0 aromatic heterocycles. The number of aryl methyl sites for hydroxylation is 2. The maximum atomic E-state index is 14.1. The van der Waals surface area contributed by atoms with Crippen molar-refractivity contribution in [1.29, 1.82) is 0 Å². The van der Waals surface area contributed by atoms with Gasteiger partial charge in [-0.15, -0.1) is 0 Å². The van der Waals surface area contributed by atoms with Crippen molar-refractivity contribution >= 4 is 35.0 Å². The molecule has 0 spiro atoms. The first-order valence-electron chi connectivity index (χ1n) is 15.9. The lowest BCUT2D eigenvalue weighted by atomic mass is 9.75. The number of ether oxygens (including phenoxy) is 1. The van der Waals surface area contributed by atoms with Crippen LogP contribution in [0, 0.1) is 25.7 Å². The number of nitrogens with zero attached hydrogens (tertiary/aromatic N) is 1. The molecular weight excluding hydrogens is 556 g/mol. The Morgan fingerprint density at radius 1 is 1.05 bits per heavy atom. The molecule has 232 valence electrons. The SMILES string of the molecule is Cc1cc(C)cc(C2Nc3ccc(C(C)(C)C(=O)N4CC5CCC4CC5)cc3C2[C@H](C)CNC(=S)NC(=O)OC(C)C)c1. The monoisotopic (exact) mass is 604 g/mol. The molecule has 3 heterocycles. The number of hydrogen-bond acceptors (Lipinski definition) is 5. The molecule has 7 nitrogen and oxygen atoms in total. The Bertz CT molecular complexity index is 1360. The summed E-state index contributed by atoms with van der Waals surface area (Å²) < 4.78 is 5.18. The predicted octanol–water partition coefficient (Wildman–Crippen LogP) is 6.88. The molecule has 4 aliphatic rings. The molecule has 2 bridgehead atoms. The second-order valence-electron chi connectivity index (χ2n) is 13.9. The van der Waals surface area contributed by atoms with E-state index in [0.29, 0.717) is 18.5 Å². The number of hydrogen-bond donors (Lipinski definition) is 3. The molecule has 3 atom stereocenters. The maximum absolute atomic E-state index is 14.1. The lowest BCUT2D eigenvalue weighted by Crippen LogP contribution is -2.55. The van der Waals surface area contributed by atoms with Gasteiger partial charge in [0.2, 0.25) is 5.91 Å². The fourth-order valence-electron chi connectivity index (χ4n) is 7.47. The van der Waals surface area contributed by atoms with Crippen molar-refractivity contribution < 1.29 is 14.3 Å². The van der Waals surface area contributed by atoms with Crippen molar-refractivity contribution in [1.82, 2.24) is 15.5 Å². The Morgan fingerprint density at radius 3 is 2.33 bits per heavy atom. The highest BCUT2D eigenvalue weighted by molar-refractivity contribution is 7.80. The number of rotatable bonds is 7. The predicted molar refractivity (Wildman–Crippen MR) is 176 cm³/mol. The van der Waals surface area contributed by atoms with Crippen LogP contribution in [-0.2, 0) is 14.9 Å². The largest absolute Gasteiger partial charge is 0.447 e. The molecule has 0 radical (unpaired) electrons. The summed E-state index contributed by atoms with van der Waals surface area (Å²) in [5, 5.41) is 9.94. The van der Waals surface area contributed by atoms with E-state index < -0.39 is 11.5 Å². The van der Waals surface area contributed by atoms with Crippen LogP contribution in [0.3, 0.4) is 0 Å². The number of carbonyl (C=O) groups is 2. The molecule has 6 rings (SSSR count). The first-order valence-corrected chi connectivity index (χ1v) is 16.3. The zero-order valence-corrected chi connectivity index (χ0v) is 27.6. The molecule has 1 saturated carbocycles. The van der Waals surface area contributed by atoms with Crippen molar-refractivity contribution in [2.45, 2.75) is 104 Å². The van der Waals surface area contributed by atoms with Crippen LogP contribution in [0.25, 0.3) is 0 Å². The second-order valence-corrected chi connectivity index (χ2v) is 14.3. The molecular formula is C35H48N4O3S. The van der Waals surface area contributed by atoms with Gasteiger partial charge in [0.05, 0.1) is 17.6 Å². The van der Waals surface area contributed by atoms with Gasteiger partial charge in [0, 0.05) is 30.7 Å². The summed E-state index contributed by atoms with van der Waals surface area (Å²) >= 11 is 5.41. The molecule has 1 aliphatic carbocycles. The van der Waals surface area contributed by atoms with E-state index in [1.165, 1.54) is 35.1 Å². The van der Waals surface area contributed by atoms with Crippen LogP contribution < -0.4 is 16.0 Å². The van der Waals surface area contributed by atoms with Gasteiger partial charge in [0.1, 0.15) is 0 Å². The number of fused-ring (bicyclic) bond motifs is 4. The molecule has 8 heteroatoms. The lowest BCUT2D eigenvalue weighted by molar-refractivity contribution is -0.144. The Labute approximate surface area is 262 Å². The van der Waals surface area contributed by atoms with Gasteiger partial charge in [0.15, 0.2) is 5.11 Å². The van der Waals surface area contributed by atoms with Crippen LogP contribution >= 0.6 is 12.2 Å². The van der Waals surface area contributed by atoms with Crippen LogP contribution in [0.15, 0.2) is 36.4 Å². The van der Waals surface area contributed by atoms with Crippen molar-refractivity contribution in [3.05, 3.63) is 64.2 Å². The molecule has 2 unspecified atom stereocenters. The molecule has 43 heavy (non-hydrogen) atoms. The van der Waals surface area contributed by atoms with Gasteiger partial charge in [-0.25, -0.2) is 4.79 Å². The van der Waals surface area contributed by atoms with Crippen LogP contribution in [0.5, 0.6) is 0 Å². The maximum Gasteiger partial charge on any atom is 0.413 e. The van der Waals surface area contributed by atoms with Crippen LogP contribution in [0.4, 0.5) is 10.5 Å². The summed E-state index contributed by atoms with van der Waals surface area (Å²) in [5.74, 6) is 1.16. The fraction of sp³-hybridized carbons (Fsp3) is 0.571. The summed E-state index contributed by atoms with van der Waals surface area (Å²) in [5.41, 5.74) is 6.46. The molecule has 3 aliphatic heterocycles. The van der Waals surface area contributed by atoms with E-state index >= 15 is 0 Å². The number of carbonyl (C=O) groups excluding carboxylic acids is 2. The van der Waals surface area contributed by atoms with Crippen molar-refractivity contribution in [2.24, 2.45) is 11.8 Å². The number of thiocarbonyl (C=S) groups is 1. The molecule has 2 saturated heterocycles. The van der Waals surface area contributed by atoms with Gasteiger partial charge in [-0.1, -0.05) is 48.4 Å². The first kappa shape index (κ1) is 31.3. The zero-order chi connectivity index (χ0) is 31.1. The quantitative estimate of drug-likeness (QED) is 0.299. The van der Waals surface area contributed by atoms with E-state index in [-0.39, 0.29) is 35.0 Å². The van der Waals surface area contributed by atoms with E-state index in [1.54, 1.807) is 13.8 Å². The highest BCUT2D eigenvalue weighted by Gasteiger charge is 2.44. The lowest BCUT2D eigenvalue weighted by Gasteiger charge is -2.48. The van der Waals surface area contributed by atoms with E-state index in [2.05, 4.69) is 91.9 Å². The topological polar surface area (TPSA) is 82.7 Å². The normalized spacial score (nSPS) is 23.4. The smallest absolute Gasteiger partial charge is 0.413 e. The third-order valence-electron chi connectivity index (χ3n) is 9.67. The number of nitrogens with one attached hydrogen (secondary N) is 3. The van der Waals surface area contributed by atoms with E-state index in [0.717, 1.165) is 30.6 Å². The number of piperidine rings is 2. The van der Waals surface area contributed by atoms with E-state index in [4.69, 9.17) is 17.0 Å². The highest BCUT2D eigenvalue weighted by Crippen LogP contribution is 2.49. The summed E-state index contributed by atoms with van der Waals surface area (Å²) in [6, 6.07) is 13.7. The Hall–Kier alpha value is -3.13. The number of anilines is 1. The summed E-state index contributed by atoms with van der Waals surface area (Å²) in [6.45, 7) is 15.7. The van der Waals surface area contributed by atoms with Crippen molar-refractivity contribution in [3.63, 3.8) is 0 Å².